The summed E-state index contributed by atoms with van der Waals surface area (Å²) in [6, 6.07) is 10.1. The van der Waals surface area contributed by atoms with Crippen LogP contribution in [0.5, 0.6) is 0 Å². The van der Waals surface area contributed by atoms with Crippen molar-refractivity contribution in [1.29, 1.82) is 5.26 Å². The molecule has 2 heterocycles. The van der Waals surface area contributed by atoms with Crippen LogP contribution < -0.4 is 10.2 Å². The average Bonchev–Trinajstić information content (AvgIpc) is 3.52. The van der Waals surface area contributed by atoms with E-state index in [9.17, 15) is 19.2 Å². The van der Waals surface area contributed by atoms with Crippen LogP contribution in [0.2, 0.25) is 0 Å². The quantitative estimate of drug-likeness (QED) is 0.748. The maximum Gasteiger partial charge on any atom is 0.237 e. The van der Waals surface area contributed by atoms with Gasteiger partial charge in [0, 0.05) is 30.6 Å². The second kappa shape index (κ2) is 7.53. The molecule has 0 spiro atoms. The minimum atomic E-state index is -1.10. The molecule has 2 aliphatic heterocycles. The van der Waals surface area contributed by atoms with E-state index in [1.165, 1.54) is 23.3 Å². The Morgan fingerprint density at radius 2 is 2.03 bits per heavy atom. The Kier molecular flexibility index (Phi) is 4.81. The number of nitrogens with one attached hydrogen (secondary N) is 1. The largest absolute Gasteiger partial charge is 0.323 e. The minimum absolute atomic E-state index is 0.0353. The third-order valence-electron chi connectivity index (χ3n) is 9.20. The lowest BCUT2D eigenvalue weighted by molar-refractivity contribution is -0.130. The van der Waals surface area contributed by atoms with E-state index in [4.69, 9.17) is 0 Å². The second-order valence-electron chi connectivity index (χ2n) is 11.1. The van der Waals surface area contributed by atoms with Gasteiger partial charge in [-0.25, -0.2) is 4.39 Å². The van der Waals surface area contributed by atoms with Gasteiger partial charge in [-0.3, -0.25) is 9.59 Å². The number of nitriles is 1. The van der Waals surface area contributed by atoms with Crippen LogP contribution in [0.15, 0.2) is 24.3 Å². The fourth-order valence-electron chi connectivity index (χ4n) is 7.97. The lowest BCUT2D eigenvalue weighted by Gasteiger charge is -2.42. The first kappa shape index (κ1) is 21.1. The van der Waals surface area contributed by atoms with Gasteiger partial charge >= 0.3 is 0 Å². The monoisotopic (exact) mass is 450 g/mol. The van der Waals surface area contributed by atoms with E-state index in [2.05, 4.69) is 35.7 Å². The molecule has 0 aromatic heterocycles. The maximum absolute atomic E-state index is 13.8. The van der Waals surface area contributed by atoms with Gasteiger partial charge in [-0.1, -0.05) is 12.1 Å². The highest BCUT2D eigenvalue weighted by Gasteiger charge is 2.64. The van der Waals surface area contributed by atoms with Crippen LogP contribution in [-0.2, 0) is 15.0 Å². The first-order chi connectivity index (χ1) is 15.9. The summed E-state index contributed by atoms with van der Waals surface area (Å²) in [4.78, 5) is 28.3. The molecule has 6 fully saturated rings. The number of hydrogen-bond donors (Lipinski definition) is 1. The number of carbonyl (C=O) groups excluding carboxylic acids is 2. The van der Waals surface area contributed by atoms with E-state index in [1.54, 1.807) is 0 Å². The molecule has 1 N–H and O–H groups in total. The van der Waals surface area contributed by atoms with E-state index in [0.717, 1.165) is 37.9 Å². The van der Waals surface area contributed by atoms with Crippen molar-refractivity contribution >= 4 is 17.5 Å². The molecule has 0 unspecified atom stereocenters. The van der Waals surface area contributed by atoms with Crippen LogP contribution in [0.1, 0.15) is 56.9 Å². The minimum Gasteiger partial charge on any atom is -0.323 e. The number of amides is 2. The van der Waals surface area contributed by atoms with Crippen LogP contribution in [0.3, 0.4) is 0 Å². The SMILES string of the molecule is N#C[C@@H]1C[C@H](F)CN1C(=O)CN[C@@]12C[C@H]3C[C@@H]1C[C@](c1ccc(N4CCCC4=O)cc1)(C3)C2. The van der Waals surface area contributed by atoms with Gasteiger partial charge < -0.3 is 15.1 Å². The van der Waals surface area contributed by atoms with Gasteiger partial charge in [0.25, 0.3) is 0 Å². The molecule has 6 atom stereocenters. The molecule has 7 heteroatoms. The number of rotatable bonds is 5. The highest BCUT2D eigenvalue weighted by molar-refractivity contribution is 5.95. The maximum atomic E-state index is 13.8. The first-order valence-electron chi connectivity index (χ1n) is 12.4. The predicted molar refractivity (Wildman–Crippen MR) is 121 cm³/mol. The van der Waals surface area contributed by atoms with Crippen molar-refractivity contribution in [1.82, 2.24) is 10.2 Å². The number of carbonyl (C=O) groups is 2. The molecule has 174 valence electrons. The van der Waals surface area contributed by atoms with Gasteiger partial charge in [0.2, 0.25) is 11.8 Å². The number of likely N-dealkylation sites (tertiary alicyclic amines) is 1. The van der Waals surface area contributed by atoms with E-state index in [1.807, 2.05) is 4.90 Å². The summed E-state index contributed by atoms with van der Waals surface area (Å²) in [5, 5.41) is 12.9. The normalized spacial score (nSPS) is 39.0. The smallest absolute Gasteiger partial charge is 0.237 e. The van der Waals surface area contributed by atoms with E-state index >= 15 is 0 Å². The van der Waals surface area contributed by atoms with E-state index in [0.29, 0.717) is 18.3 Å². The molecule has 1 aromatic carbocycles. The molecular weight excluding hydrogens is 419 g/mol. The van der Waals surface area contributed by atoms with Crippen LogP contribution >= 0.6 is 0 Å². The Bertz CT molecular complexity index is 1020. The van der Waals surface area contributed by atoms with Gasteiger partial charge in [-0.05, 0) is 73.5 Å². The Labute approximate surface area is 194 Å². The summed E-state index contributed by atoms with van der Waals surface area (Å²) in [7, 11) is 0. The third-order valence-corrected chi connectivity index (χ3v) is 9.20. The molecule has 7 rings (SSSR count). The van der Waals surface area contributed by atoms with Crippen molar-refractivity contribution in [3.8, 4) is 6.07 Å². The Morgan fingerprint density at radius 1 is 1.21 bits per heavy atom. The molecule has 33 heavy (non-hydrogen) atoms. The van der Waals surface area contributed by atoms with E-state index < -0.39 is 12.2 Å². The number of nitrogens with zero attached hydrogens (tertiary/aromatic N) is 3. The molecule has 6 aliphatic rings. The lowest BCUT2D eigenvalue weighted by atomic mass is 9.65. The standard InChI is InChI=1S/C26H31FN4O2/c27-20-9-22(13-28)31(15-20)24(33)14-29-26-11-17-8-19(26)12-25(10-17,16-26)18-3-5-21(6-4-18)30-7-1-2-23(30)32/h3-6,17,19-20,22,29H,1-2,7-12,14-16H2/t17-,19+,20-,22-,25+,26+/m0/s1. The number of anilines is 1. The van der Waals surface area contributed by atoms with Crippen LogP contribution in [0, 0.1) is 23.2 Å². The van der Waals surface area contributed by atoms with Crippen LogP contribution in [0.25, 0.3) is 0 Å². The average molecular weight is 451 g/mol. The lowest BCUT2D eigenvalue weighted by Crippen LogP contribution is -2.52. The fraction of sp³-hybridized carbons (Fsp3) is 0.654. The van der Waals surface area contributed by atoms with E-state index in [-0.39, 0.29) is 42.3 Å². The summed E-state index contributed by atoms with van der Waals surface area (Å²) in [5.74, 6) is 1.26. The van der Waals surface area contributed by atoms with Crippen molar-refractivity contribution in [2.45, 2.75) is 74.5 Å². The molecule has 4 aliphatic carbocycles. The molecule has 2 saturated heterocycles. The highest BCUT2D eigenvalue weighted by atomic mass is 19.1. The number of halogens is 1. The molecule has 1 aromatic rings. The van der Waals surface area contributed by atoms with Gasteiger partial charge in [-0.2, -0.15) is 5.26 Å². The van der Waals surface area contributed by atoms with Crippen LogP contribution in [0.4, 0.5) is 10.1 Å². The molecule has 6 nitrogen and oxygen atoms in total. The molecule has 4 saturated carbocycles. The Balaban J connectivity index is 1.17. The van der Waals surface area contributed by atoms with Gasteiger partial charge in [-0.15, -0.1) is 0 Å². The molecule has 2 amide bonds. The van der Waals surface area contributed by atoms with Gasteiger partial charge in [0.1, 0.15) is 12.2 Å². The summed E-state index contributed by atoms with van der Waals surface area (Å²) in [6.07, 6.45) is 6.24. The molecule has 0 radical (unpaired) electrons. The van der Waals surface area contributed by atoms with Crippen molar-refractivity contribution in [3.05, 3.63) is 29.8 Å². The van der Waals surface area contributed by atoms with Gasteiger partial charge in [0.05, 0.1) is 19.2 Å². The van der Waals surface area contributed by atoms with Gasteiger partial charge in [0.15, 0.2) is 0 Å². The summed E-state index contributed by atoms with van der Waals surface area (Å²) >= 11 is 0. The fourth-order valence-corrected chi connectivity index (χ4v) is 7.97. The van der Waals surface area contributed by atoms with Crippen LogP contribution in [-0.4, -0.2) is 54.1 Å². The molecule has 4 bridgehead atoms. The van der Waals surface area contributed by atoms with Crippen molar-refractivity contribution in [2.24, 2.45) is 11.8 Å². The van der Waals surface area contributed by atoms with Crippen molar-refractivity contribution < 1.29 is 14.0 Å². The zero-order valence-corrected chi connectivity index (χ0v) is 18.9. The third kappa shape index (κ3) is 3.29. The van der Waals surface area contributed by atoms with Crippen molar-refractivity contribution in [2.75, 3.05) is 24.5 Å². The highest BCUT2D eigenvalue weighted by Crippen LogP contribution is 2.66. The topological polar surface area (TPSA) is 76.4 Å². The second-order valence-corrected chi connectivity index (χ2v) is 11.1. The zero-order valence-electron chi connectivity index (χ0n) is 18.9. The molecular formula is C26H31FN4O2. The van der Waals surface area contributed by atoms with Crippen molar-refractivity contribution in [3.63, 3.8) is 0 Å². The number of alkyl halides is 1. The predicted octanol–water partition coefficient (Wildman–Crippen LogP) is 3.07. The Hall–Kier alpha value is -2.46. The summed E-state index contributed by atoms with van der Waals surface area (Å²) in [5.41, 5.74) is 2.43. The number of hydrogen-bond acceptors (Lipinski definition) is 4. The zero-order chi connectivity index (χ0) is 22.8. The Morgan fingerprint density at radius 3 is 2.76 bits per heavy atom. The summed E-state index contributed by atoms with van der Waals surface area (Å²) < 4.78 is 13.8. The number of benzene rings is 1. The first-order valence-corrected chi connectivity index (χ1v) is 12.4. The summed E-state index contributed by atoms with van der Waals surface area (Å²) in [6.45, 7) is 1.02.